The predicted molar refractivity (Wildman–Crippen MR) is 99.3 cm³/mol. The smallest absolute Gasteiger partial charge is 0.243 e. The number of benzene rings is 1. The lowest BCUT2D eigenvalue weighted by Gasteiger charge is -2.36. The second-order valence-corrected chi connectivity index (χ2v) is 8.95. The van der Waals surface area contributed by atoms with Gasteiger partial charge in [-0.25, -0.2) is 8.42 Å². The molecule has 0 aromatic heterocycles. The molecule has 8 heteroatoms. The monoisotopic (exact) mass is 392 g/mol. The van der Waals surface area contributed by atoms with Crippen molar-refractivity contribution >= 4 is 15.9 Å². The molecular formula is C19H24N2O5S. The normalized spacial score (nSPS) is 23.3. The van der Waals surface area contributed by atoms with Gasteiger partial charge in [-0.2, -0.15) is 4.31 Å². The van der Waals surface area contributed by atoms with Gasteiger partial charge >= 0.3 is 0 Å². The molecule has 0 N–H and O–H groups in total. The van der Waals surface area contributed by atoms with Crippen LogP contribution in [0.5, 0.6) is 11.5 Å². The third kappa shape index (κ3) is 3.68. The van der Waals surface area contributed by atoms with Crippen LogP contribution in [0.2, 0.25) is 0 Å². The zero-order valence-electron chi connectivity index (χ0n) is 15.2. The molecule has 7 nitrogen and oxygen atoms in total. The zero-order chi connectivity index (χ0) is 18.9. The second kappa shape index (κ2) is 7.52. The predicted octanol–water partition coefficient (Wildman–Crippen LogP) is 1.65. The molecule has 0 unspecified atom stereocenters. The molecule has 0 saturated carbocycles. The van der Waals surface area contributed by atoms with Crippen LogP contribution in [0, 0.1) is 5.92 Å². The second-order valence-electron chi connectivity index (χ2n) is 7.02. The number of rotatable bonds is 3. The topological polar surface area (TPSA) is 76.2 Å². The van der Waals surface area contributed by atoms with Crippen molar-refractivity contribution in [1.29, 1.82) is 0 Å². The summed E-state index contributed by atoms with van der Waals surface area (Å²) >= 11 is 0. The number of carbonyl (C=O) groups excluding carboxylic acids is 1. The Kier molecular flexibility index (Phi) is 5.10. The number of hydrogen-bond donors (Lipinski definition) is 0. The standard InChI is InChI=1S/C19H24N2O5S/c22-19(15-4-2-1-3-5-15)20-8-10-21(11-9-20)27(23,24)16-6-7-17-18(14-16)26-13-12-25-17/h1-2,6-7,14-15H,3-5,8-13H2/t15-/m0/s1. The van der Waals surface area contributed by atoms with Crippen molar-refractivity contribution in [3.05, 3.63) is 30.4 Å². The molecule has 0 bridgehead atoms. The van der Waals surface area contributed by atoms with E-state index in [1.807, 2.05) is 0 Å². The minimum absolute atomic E-state index is 0.0379. The number of fused-ring (bicyclic) bond motifs is 1. The Morgan fingerprint density at radius 3 is 2.44 bits per heavy atom. The molecule has 1 fully saturated rings. The molecule has 27 heavy (non-hydrogen) atoms. The van der Waals surface area contributed by atoms with Crippen molar-refractivity contribution in [3.63, 3.8) is 0 Å². The van der Waals surface area contributed by atoms with Crippen molar-refractivity contribution in [2.45, 2.75) is 24.2 Å². The molecule has 0 radical (unpaired) electrons. The number of amides is 1. The van der Waals surface area contributed by atoms with Crippen LogP contribution in [0.4, 0.5) is 0 Å². The van der Waals surface area contributed by atoms with Gasteiger partial charge in [0.25, 0.3) is 0 Å². The van der Waals surface area contributed by atoms with Gasteiger partial charge in [0.15, 0.2) is 11.5 Å². The third-order valence-corrected chi connectivity index (χ3v) is 7.21. The maximum absolute atomic E-state index is 13.0. The summed E-state index contributed by atoms with van der Waals surface area (Å²) in [5, 5.41) is 0. The SMILES string of the molecule is O=C([C@H]1CC=CCC1)N1CCN(S(=O)(=O)c2ccc3c(c2)OCCO3)CC1. The molecule has 2 aliphatic heterocycles. The number of carbonyl (C=O) groups is 1. The lowest BCUT2D eigenvalue weighted by molar-refractivity contribution is -0.137. The largest absolute Gasteiger partial charge is 0.486 e. The number of nitrogens with zero attached hydrogens (tertiary/aromatic N) is 2. The van der Waals surface area contributed by atoms with E-state index in [1.54, 1.807) is 17.0 Å². The van der Waals surface area contributed by atoms with Crippen molar-refractivity contribution in [2.75, 3.05) is 39.4 Å². The van der Waals surface area contributed by atoms with Crippen LogP contribution < -0.4 is 9.47 Å². The molecule has 1 saturated heterocycles. The molecule has 4 rings (SSSR count). The highest BCUT2D eigenvalue weighted by Crippen LogP contribution is 2.33. The van der Waals surface area contributed by atoms with Gasteiger partial charge in [0, 0.05) is 38.2 Å². The maximum atomic E-state index is 13.0. The Labute approximate surface area is 159 Å². The number of allylic oxidation sites excluding steroid dienone is 2. The number of sulfonamides is 1. The average molecular weight is 392 g/mol. The molecule has 1 aromatic rings. The van der Waals surface area contributed by atoms with Crippen LogP contribution in [0.1, 0.15) is 19.3 Å². The van der Waals surface area contributed by atoms with Gasteiger partial charge in [-0.1, -0.05) is 12.2 Å². The lowest BCUT2D eigenvalue weighted by atomic mass is 9.93. The van der Waals surface area contributed by atoms with Gasteiger partial charge in [-0.15, -0.1) is 0 Å². The Balaban J connectivity index is 1.42. The lowest BCUT2D eigenvalue weighted by Crippen LogP contribution is -2.51. The van der Waals surface area contributed by atoms with Gasteiger partial charge in [0.1, 0.15) is 13.2 Å². The molecule has 1 aliphatic carbocycles. The molecule has 1 amide bonds. The summed E-state index contributed by atoms with van der Waals surface area (Å²) in [7, 11) is -3.62. The van der Waals surface area contributed by atoms with E-state index < -0.39 is 10.0 Å². The van der Waals surface area contributed by atoms with Crippen molar-refractivity contribution < 1.29 is 22.7 Å². The fraction of sp³-hybridized carbons (Fsp3) is 0.526. The summed E-state index contributed by atoms with van der Waals surface area (Å²) in [5.41, 5.74) is 0. The van der Waals surface area contributed by atoms with Crippen molar-refractivity contribution in [1.82, 2.24) is 9.21 Å². The van der Waals surface area contributed by atoms with Gasteiger partial charge in [-0.05, 0) is 31.4 Å². The fourth-order valence-corrected chi connectivity index (χ4v) is 5.20. The van der Waals surface area contributed by atoms with Crippen LogP contribution in [-0.4, -0.2) is 62.9 Å². The van der Waals surface area contributed by atoms with Gasteiger partial charge in [0.2, 0.25) is 15.9 Å². The molecule has 2 heterocycles. The summed E-state index contributed by atoms with van der Waals surface area (Å²) in [5.74, 6) is 1.21. The van der Waals surface area contributed by atoms with E-state index in [0.29, 0.717) is 50.9 Å². The Bertz CT molecular complexity index is 844. The fourth-order valence-electron chi connectivity index (χ4n) is 3.76. The van der Waals surface area contributed by atoms with E-state index in [1.165, 1.54) is 10.4 Å². The summed E-state index contributed by atoms with van der Waals surface area (Å²) in [6.45, 7) is 2.36. The minimum Gasteiger partial charge on any atom is -0.486 e. The van der Waals surface area contributed by atoms with Crippen LogP contribution in [0.3, 0.4) is 0 Å². The quantitative estimate of drug-likeness (QED) is 0.731. The Morgan fingerprint density at radius 2 is 1.74 bits per heavy atom. The molecular weight excluding hydrogens is 368 g/mol. The maximum Gasteiger partial charge on any atom is 0.243 e. The number of ether oxygens (including phenoxy) is 2. The first-order chi connectivity index (χ1) is 13.1. The van der Waals surface area contributed by atoms with Gasteiger partial charge in [0.05, 0.1) is 4.90 Å². The first-order valence-electron chi connectivity index (χ1n) is 9.39. The highest BCUT2D eigenvalue weighted by molar-refractivity contribution is 7.89. The van der Waals surface area contributed by atoms with Gasteiger partial charge in [-0.3, -0.25) is 4.79 Å². The van der Waals surface area contributed by atoms with Crippen LogP contribution in [0.25, 0.3) is 0 Å². The Hall–Kier alpha value is -2.06. The van der Waals surface area contributed by atoms with E-state index >= 15 is 0 Å². The van der Waals surface area contributed by atoms with Gasteiger partial charge < -0.3 is 14.4 Å². The van der Waals surface area contributed by atoms with Crippen molar-refractivity contribution in [3.8, 4) is 11.5 Å². The number of piperazine rings is 1. The van der Waals surface area contributed by atoms with E-state index in [0.717, 1.165) is 19.3 Å². The molecule has 0 spiro atoms. The first-order valence-corrected chi connectivity index (χ1v) is 10.8. The summed E-state index contributed by atoms with van der Waals surface area (Å²) in [4.78, 5) is 14.6. The van der Waals surface area contributed by atoms with Crippen LogP contribution in [-0.2, 0) is 14.8 Å². The van der Waals surface area contributed by atoms with Crippen LogP contribution in [0.15, 0.2) is 35.2 Å². The van der Waals surface area contributed by atoms with E-state index in [4.69, 9.17) is 9.47 Å². The summed E-state index contributed by atoms with van der Waals surface area (Å²) in [6.07, 6.45) is 6.78. The van der Waals surface area contributed by atoms with E-state index in [-0.39, 0.29) is 16.7 Å². The highest BCUT2D eigenvalue weighted by atomic mass is 32.2. The number of hydrogen-bond acceptors (Lipinski definition) is 5. The highest BCUT2D eigenvalue weighted by Gasteiger charge is 2.33. The summed E-state index contributed by atoms with van der Waals surface area (Å²) in [6, 6.07) is 4.71. The molecule has 3 aliphatic rings. The first kappa shape index (κ1) is 18.3. The average Bonchev–Trinajstić information content (AvgIpc) is 2.73. The molecule has 146 valence electrons. The zero-order valence-corrected chi connectivity index (χ0v) is 16.0. The Morgan fingerprint density at radius 1 is 1.00 bits per heavy atom. The minimum atomic E-state index is -3.62. The molecule has 1 atom stereocenters. The molecule has 1 aromatic carbocycles. The summed E-state index contributed by atoms with van der Waals surface area (Å²) < 4.78 is 38.3. The van der Waals surface area contributed by atoms with E-state index in [9.17, 15) is 13.2 Å². The van der Waals surface area contributed by atoms with Crippen molar-refractivity contribution in [2.24, 2.45) is 5.92 Å². The van der Waals surface area contributed by atoms with Crippen LogP contribution >= 0.6 is 0 Å². The third-order valence-electron chi connectivity index (χ3n) is 5.32. The van der Waals surface area contributed by atoms with E-state index in [2.05, 4.69) is 12.2 Å².